The third kappa shape index (κ3) is 3.32. The molecule has 6 nitrogen and oxygen atoms in total. The average Bonchev–Trinajstić information content (AvgIpc) is 3.21. The van der Waals surface area contributed by atoms with Crippen molar-refractivity contribution >= 4 is 22.5 Å². The number of halogens is 1. The number of furan rings is 1. The van der Waals surface area contributed by atoms with E-state index in [1.54, 1.807) is 17.2 Å². The quantitative estimate of drug-likeness (QED) is 0.731. The molecule has 0 radical (unpaired) electrons. The van der Waals surface area contributed by atoms with Gasteiger partial charge in [-0.05, 0) is 37.1 Å². The predicted molar refractivity (Wildman–Crippen MR) is 96.5 cm³/mol. The standard InChI is InChI=1S/C18H17FN4O2S/c1-11-4-5-13(19)9-14(11)16-21-22-17(26-16)20-18(24)23-7-2-3-15-12(10-23)6-8-25-15/h4-6,8-9H,2-3,7,10H2,1H3,(H,20,22,24). The number of aromatic nitrogens is 2. The topological polar surface area (TPSA) is 71.3 Å². The first-order valence-corrected chi connectivity index (χ1v) is 9.13. The van der Waals surface area contributed by atoms with Crippen LogP contribution in [0.25, 0.3) is 10.6 Å². The average molecular weight is 372 g/mol. The van der Waals surface area contributed by atoms with Crippen molar-refractivity contribution in [1.29, 1.82) is 0 Å². The van der Waals surface area contributed by atoms with Gasteiger partial charge in [-0.1, -0.05) is 17.4 Å². The van der Waals surface area contributed by atoms with Crippen molar-refractivity contribution in [2.45, 2.75) is 26.3 Å². The monoisotopic (exact) mass is 372 g/mol. The Balaban J connectivity index is 1.49. The summed E-state index contributed by atoms with van der Waals surface area (Å²) in [6, 6.07) is 6.21. The zero-order valence-corrected chi connectivity index (χ0v) is 15.0. The van der Waals surface area contributed by atoms with E-state index in [-0.39, 0.29) is 11.8 Å². The first-order valence-electron chi connectivity index (χ1n) is 8.31. The fraction of sp³-hybridized carbons (Fsp3) is 0.278. The van der Waals surface area contributed by atoms with Crippen LogP contribution in [-0.2, 0) is 13.0 Å². The summed E-state index contributed by atoms with van der Waals surface area (Å²) < 4.78 is 18.9. The molecule has 0 saturated heterocycles. The first kappa shape index (κ1) is 16.7. The van der Waals surface area contributed by atoms with E-state index in [2.05, 4.69) is 15.5 Å². The van der Waals surface area contributed by atoms with E-state index >= 15 is 0 Å². The van der Waals surface area contributed by atoms with Crippen molar-refractivity contribution in [2.24, 2.45) is 0 Å². The van der Waals surface area contributed by atoms with Crippen LogP contribution in [0.5, 0.6) is 0 Å². The lowest BCUT2D eigenvalue weighted by Crippen LogP contribution is -2.34. The number of nitrogens with one attached hydrogen (secondary N) is 1. The molecule has 1 aliphatic rings. The van der Waals surface area contributed by atoms with Gasteiger partial charge in [0.1, 0.15) is 16.6 Å². The largest absolute Gasteiger partial charge is 0.469 e. The van der Waals surface area contributed by atoms with Gasteiger partial charge >= 0.3 is 6.03 Å². The second-order valence-electron chi connectivity index (χ2n) is 6.20. The molecule has 0 saturated carbocycles. The van der Waals surface area contributed by atoms with Crippen LogP contribution in [0.2, 0.25) is 0 Å². The van der Waals surface area contributed by atoms with Crippen molar-refractivity contribution in [2.75, 3.05) is 11.9 Å². The van der Waals surface area contributed by atoms with Crippen LogP contribution >= 0.6 is 11.3 Å². The molecule has 3 aromatic rings. The molecule has 4 rings (SSSR count). The van der Waals surface area contributed by atoms with Crippen LogP contribution < -0.4 is 5.32 Å². The smallest absolute Gasteiger partial charge is 0.323 e. The third-order valence-corrected chi connectivity index (χ3v) is 5.26. The third-order valence-electron chi connectivity index (χ3n) is 4.39. The number of anilines is 1. The Morgan fingerprint density at radius 3 is 3.12 bits per heavy atom. The van der Waals surface area contributed by atoms with Crippen molar-refractivity contribution in [3.63, 3.8) is 0 Å². The van der Waals surface area contributed by atoms with E-state index in [0.29, 0.717) is 28.8 Å². The summed E-state index contributed by atoms with van der Waals surface area (Å²) >= 11 is 1.23. The zero-order valence-electron chi connectivity index (χ0n) is 14.2. The number of nitrogens with zero attached hydrogens (tertiary/aromatic N) is 3. The molecule has 1 aromatic carbocycles. The number of rotatable bonds is 2. The molecule has 0 unspecified atom stereocenters. The van der Waals surface area contributed by atoms with E-state index in [1.807, 2.05) is 13.0 Å². The summed E-state index contributed by atoms with van der Waals surface area (Å²) in [6.07, 6.45) is 3.33. The second-order valence-corrected chi connectivity index (χ2v) is 7.17. The number of amides is 2. The lowest BCUT2D eigenvalue weighted by atomic mass is 10.1. The number of urea groups is 1. The van der Waals surface area contributed by atoms with Crippen LogP contribution in [0.15, 0.2) is 34.9 Å². The van der Waals surface area contributed by atoms with Crippen molar-refractivity contribution < 1.29 is 13.6 Å². The maximum atomic E-state index is 13.5. The Hall–Kier alpha value is -2.74. The van der Waals surface area contributed by atoms with Crippen LogP contribution in [0.4, 0.5) is 14.3 Å². The number of carbonyl (C=O) groups excluding carboxylic acids is 1. The highest BCUT2D eigenvalue weighted by Gasteiger charge is 2.22. The summed E-state index contributed by atoms with van der Waals surface area (Å²) in [6.45, 7) is 3.03. The highest BCUT2D eigenvalue weighted by Crippen LogP contribution is 2.30. The number of fused-ring (bicyclic) bond motifs is 1. The molecule has 0 atom stereocenters. The minimum atomic E-state index is -0.327. The maximum absolute atomic E-state index is 13.5. The molecule has 0 spiro atoms. The van der Waals surface area contributed by atoms with E-state index in [0.717, 1.165) is 29.7 Å². The molecule has 2 amide bonds. The van der Waals surface area contributed by atoms with Gasteiger partial charge in [0.2, 0.25) is 5.13 Å². The minimum absolute atomic E-state index is 0.224. The molecule has 1 aliphatic heterocycles. The molecule has 8 heteroatoms. The van der Waals surface area contributed by atoms with Crippen LogP contribution in [-0.4, -0.2) is 27.7 Å². The van der Waals surface area contributed by atoms with Crippen LogP contribution in [0.3, 0.4) is 0 Å². The van der Waals surface area contributed by atoms with Gasteiger partial charge in [0.25, 0.3) is 0 Å². The van der Waals surface area contributed by atoms with Crippen LogP contribution in [0, 0.1) is 12.7 Å². The van der Waals surface area contributed by atoms with Gasteiger partial charge in [-0.3, -0.25) is 5.32 Å². The van der Waals surface area contributed by atoms with Crippen LogP contribution in [0.1, 0.15) is 23.3 Å². The lowest BCUT2D eigenvalue weighted by Gasteiger charge is -2.19. The summed E-state index contributed by atoms with van der Waals surface area (Å²) in [5.74, 6) is 0.618. The molecule has 1 N–H and O–H groups in total. The highest BCUT2D eigenvalue weighted by atomic mass is 32.1. The maximum Gasteiger partial charge on any atom is 0.323 e. The van der Waals surface area contributed by atoms with E-state index < -0.39 is 0 Å². The van der Waals surface area contributed by atoms with E-state index in [1.165, 1.54) is 23.5 Å². The summed E-state index contributed by atoms with van der Waals surface area (Å²) in [4.78, 5) is 14.3. The molecular weight excluding hydrogens is 355 g/mol. The molecule has 26 heavy (non-hydrogen) atoms. The SMILES string of the molecule is Cc1ccc(F)cc1-c1nnc(NC(=O)N2CCCc3occc3C2)s1. The number of aryl methyl sites for hydroxylation is 2. The molecule has 134 valence electrons. The van der Waals surface area contributed by atoms with E-state index in [4.69, 9.17) is 4.42 Å². The highest BCUT2D eigenvalue weighted by molar-refractivity contribution is 7.18. The van der Waals surface area contributed by atoms with Crippen molar-refractivity contribution in [3.8, 4) is 10.6 Å². The van der Waals surface area contributed by atoms with Gasteiger partial charge in [0.15, 0.2) is 0 Å². The van der Waals surface area contributed by atoms with Gasteiger partial charge in [0.05, 0.1) is 12.8 Å². The molecule has 0 bridgehead atoms. The summed E-state index contributed by atoms with van der Waals surface area (Å²) in [7, 11) is 0. The van der Waals surface area contributed by atoms with Gasteiger partial charge in [-0.25, -0.2) is 9.18 Å². The lowest BCUT2D eigenvalue weighted by molar-refractivity contribution is 0.210. The summed E-state index contributed by atoms with van der Waals surface area (Å²) in [5.41, 5.74) is 2.62. The Morgan fingerprint density at radius 2 is 2.23 bits per heavy atom. The predicted octanol–water partition coefficient (Wildman–Crippen LogP) is 4.23. The molecule has 3 heterocycles. The summed E-state index contributed by atoms with van der Waals surface area (Å²) in [5, 5.41) is 11.9. The molecule has 0 aliphatic carbocycles. The second kappa shape index (κ2) is 6.87. The number of hydrogen-bond donors (Lipinski definition) is 1. The van der Waals surface area contributed by atoms with E-state index in [9.17, 15) is 9.18 Å². The van der Waals surface area contributed by atoms with Gasteiger partial charge < -0.3 is 9.32 Å². The number of carbonyl (C=O) groups is 1. The Morgan fingerprint density at radius 1 is 1.35 bits per heavy atom. The van der Waals surface area contributed by atoms with Crippen molar-refractivity contribution in [3.05, 3.63) is 53.2 Å². The number of benzene rings is 1. The molecule has 0 fully saturated rings. The fourth-order valence-corrected chi connectivity index (χ4v) is 3.81. The Labute approximate surface area is 153 Å². The van der Waals surface area contributed by atoms with Crippen molar-refractivity contribution in [1.82, 2.24) is 15.1 Å². The van der Waals surface area contributed by atoms with Gasteiger partial charge in [-0.15, -0.1) is 10.2 Å². The molecular formula is C18H17FN4O2S. The van der Waals surface area contributed by atoms with Gasteiger partial charge in [0, 0.05) is 24.1 Å². The fourth-order valence-electron chi connectivity index (χ4n) is 2.99. The normalized spacial score (nSPS) is 14.0. The Bertz CT molecular complexity index is 952. The number of hydrogen-bond acceptors (Lipinski definition) is 5. The molecule has 2 aromatic heterocycles. The minimum Gasteiger partial charge on any atom is -0.469 e. The van der Waals surface area contributed by atoms with Gasteiger partial charge in [-0.2, -0.15) is 0 Å². The zero-order chi connectivity index (χ0) is 18.1. The first-order chi connectivity index (χ1) is 12.6. The Kier molecular flexibility index (Phi) is 4.42.